The fourth-order valence-corrected chi connectivity index (χ4v) is 3.27. The van der Waals surface area contributed by atoms with Crippen LogP contribution in [0.5, 0.6) is 0 Å². The fourth-order valence-electron chi connectivity index (χ4n) is 2.71. The van der Waals surface area contributed by atoms with Crippen molar-refractivity contribution in [2.75, 3.05) is 0 Å². The Morgan fingerprint density at radius 3 is 2.71 bits per heavy atom. The van der Waals surface area contributed by atoms with Gasteiger partial charge in [-0.05, 0) is 17.7 Å². The van der Waals surface area contributed by atoms with Gasteiger partial charge in [-0.3, -0.25) is 4.79 Å². The number of fused-ring (bicyclic) bond motifs is 1. The summed E-state index contributed by atoms with van der Waals surface area (Å²) in [5.41, 5.74) is 12.3. The zero-order valence-electron chi connectivity index (χ0n) is 12.7. The Morgan fingerprint density at radius 1 is 1.17 bits per heavy atom. The highest BCUT2D eigenvalue weighted by Gasteiger charge is 2.11. The van der Waals surface area contributed by atoms with E-state index in [1.807, 2.05) is 17.0 Å². The number of H-pyrrole nitrogens is 1. The molecular formula is C18H14N4OS. The van der Waals surface area contributed by atoms with E-state index in [2.05, 4.69) is 39.2 Å². The number of amides is 1. The lowest BCUT2D eigenvalue weighted by Gasteiger charge is -2.01. The number of imidazole rings is 1. The number of nitrogens with one attached hydrogen (secondary N) is 1. The number of para-hydroxylation sites is 1. The highest BCUT2D eigenvalue weighted by Crippen LogP contribution is 2.21. The molecule has 4 aromatic rings. The number of rotatable bonds is 4. The molecule has 0 spiro atoms. The Kier molecular flexibility index (Phi) is 3.59. The van der Waals surface area contributed by atoms with Crippen LogP contribution in [-0.4, -0.2) is 20.9 Å². The predicted octanol–water partition coefficient (Wildman–Crippen LogP) is 3.38. The number of benzene rings is 2. The van der Waals surface area contributed by atoms with Gasteiger partial charge in [0.25, 0.3) is 5.91 Å². The van der Waals surface area contributed by atoms with Gasteiger partial charge in [0.1, 0.15) is 11.3 Å². The second kappa shape index (κ2) is 5.90. The highest BCUT2D eigenvalue weighted by molar-refractivity contribution is 7.07. The van der Waals surface area contributed by atoms with Crippen LogP contribution < -0.4 is 5.73 Å². The molecule has 0 atom stereocenters. The quantitative estimate of drug-likeness (QED) is 0.600. The summed E-state index contributed by atoms with van der Waals surface area (Å²) in [6, 6.07) is 13.6. The van der Waals surface area contributed by atoms with Crippen molar-refractivity contribution in [3.05, 3.63) is 70.3 Å². The number of hydrogen-bond acceptors (Lipinski definition) is 4. The van der Waals surface area contributed by atoms with E-state index < -0.39 is 5.91 Å². The van der Waals surface area contributed by atoms with Crippen molar-refractivity contribution in [1.29, 1.82) is 0 Å². The average Bonchev–Trinajstić information content (AvgIpc) is 3.24. The second-order valence-corrected chi connectivity index (χ2v) is 6.22. The minimum Gasteiger partial charge on any atom is -0.366 e. The summed E-state index contributed by atoms with van der Waals surface area (Å²) in [6.07, 6.45) is 0.657. The topological polar surface area (TPSA) is 84.7 Å². The summed E-state index contributed by atoms with van der Waals surface area (Å²) in [5, 5.41) is 2.03. The second-order valence-electron chi connectivity index (χ2n) is 5.50. The van der Waals surface area contributed by atoms with Crippen LogP contribution in [0, 0.1) is 0 Å². The van der Waals surface area contributed by atoms with Gasteiger partial charge in [0.15, 0.2) is 0 Å². The van der Waals surface area contributed by atoms with E-state index in [0.717, 1.165) is 28.2 Å². The first kappa shape index (κ1) is 14.6. The van der Waals surface area contributed by atoms with E-state index in [4.69, 9.17) is 5.73 Å². The maximum Gasteiger partial charge on any atom is 0.250 e. The van der Waals surface area contributed by atoms with Crippen LogP contribution >= 0.6 is 11.3 Å². The highest BCUT2D eigenvalue weighted by atomic mass is 32.1. The van der Waals surface area contributed by atoms with Gasteiger partial charge in [-0.2, -0.15) is 0 Å². The molecule has 0 saturated carbocycles. The van der Waals surface area contributed by atoms with E-state index in [9.17, 15) is 4.79 Å². The van der Waals surface area contributed by atoms with Gasteiger partial charge in [-0.1, -0.05) is 30.3 Å². The molecule has 2 aromatic heterocycles. The molecule has 118 valence electrons. The van der Waals surface area contributed by atoms with Crippen molar-refractivity contribution < 1.29 is 4.79 Å². The van der Waals surface area contributed by atoms with Crippen molar-refractivity contribution in [1.82, 2.24) is 15.0 Å². The predicted molar refractivity (Wildman–Crippen MR) is 95.0 cm³/mol. The Morgan fingerprint density at radius 2 is 2.00 bits per heavy atom. The van der Waals surface area contributed by atoms with E-state index in [1.54, 1.807) is 23.5 Å². The summed E-state index contributed by atoms with van der Waals surface area (Å²) in [6.45, 7) is 0. The van der Waals surface area contributed by atoms with E-state index in [1.165, 1.54) is 0 Å². The number of thiazole rings is 1. The summed E-state index contributed by atoms with van der Waals surface area (Å²) >= 11 is 1.58. The van der Waals surface area contributed by atoms with Crippen LogP contribution in [0.2, 0.25) is 0 Å². The zero-order chi connectivity index (χ0) is 16.5. The van der Waals surface area contributed by atoms with Gasteiger partial charge < -0.3 is 10.7 Å². The van der Waals surface area contributed by atoms with Gasteiger partial charge in [-0.15, -0.1) is 11.3 Å². The summed E-state index contributed by atoms with van der Waals surface area (Å²) in [7, 11) is 0. The van der Waals surface area contributed by atoms with Gasteiger partial charge >= 0.3 is 0 Å². The van der Waals surface area contributed by atoms with E-state index in [-0.39, 0.29) is 0 Å². The molecule has 0 bridgehead atoms. The minimum absolute atomic E-state index is 0.439. The molecule has 4 rings (SSSR count). The SMILES string of the molecule is NC(=O)c1cccc2[nH]c(Cc3ccc(-c4cscn4)cc3)nc12. The normalized spacial score (nSPS) is 11.0. The zero-order valence-corrected chi connectivity index (χ0v) is 13.5. The van der Waals surface area contributed by atoms with Crippen molar-refractivity contribution >= 4 is 28.3 Å². The fraction of sp³-hybridized carbons (Fsp3) is 0.0556. The number of carbonyl (C=O) groups is 1. The first-order chi connectivity index (χ1) is 11.7. The third-order valence-corrected chi connectivity index (χ3v) is 4.47. The Bertz CT molecular complexity index is 1000. The van der Waals surface area contributed by atoms with Crippen LogP contribution in [-0.2, 0) is 6.42 Å². The van der Waals surface area contributed by atoms with Crippen molar-refractivity contribution in [2.45, 2.75) is 6.42 Å². The van der Waals surface area contributed by atoms with Crippen molar-refractivity contribution in [3.63, 3.8) is 0 Å². The van der Waals surface area contributed by atoms with E-state index in [0.29, 0.717) is 17.5 Å². The molecule has 2 aromatic carbocycles. The van der Waals surface area contributed by atoms with Crippen LogP contribution in [0.25, 0.3) is 22.3 Å². The molecule has 0 aliphatic heterocycles. The molecule has 2 heterocycles. The van der Waals surface area contributed by atoms with Crippen LogP contribution in [0.4, 0.5) is 0 Å². The minimum atomic E-state index is -0.466. The van der Waals surface area contributed by atoms with Gasteiger partial charge in [-0.25, -0.2) is 9.97 Å². The number of carbonyl (C=O) groups excluding carboxylic acids is 1. The lowest BCUT2D eigenvalue weighted by atomic mass is 10.1. The monoisotopic (exact) mass is 334 g/mol. The molecule has 0 aliphatic rings. The van der Waals surface area contributed by atoms with E-state index >= 15 is 0 Å². The maximum absolute atomic E-state index is 11.5. The Hall–Kier alpha value is -2.99. The lowest BCUT2D eigenvalue weighted by Crippen LogP contribution is -2.11. The number of aromatic amines is 1. The first-order valence-corrected chi connectivity index (χ1v) is 8.40. The third-order valence-electron chi connectivity index (χ3n) is 3.88. The number of primary amides is 1. The summed E-state index contributed by atoms with van der Waals surface area (Å²) in [5.74, 6) is 0.339. The molecule has 3 N–H and O–H groups in total. The molecule has 1 amide bonds. The van der Waals surface area contributed by atoms with Gasteiger partial charge in [0, 0.05) is 17.4 Å². The molecule has 6 heteroatoms. The standard InChI is InChI=1S/C18H14N4OS/c19-18(23)13-2-1-3-14-17(13)22-16(21-14)8-11-4-6-12(7-5-11)15-9-24-10-20-15/h1-7,9-10H,8H2,(H2,19,23)(H,21,22). The third kappa shape index (κ3) is 2.68. The molecule has 24 heavy (non-hydrogen) atoms. The molecule has 0 unspecified atom stereocenters. The van der Waals surface area contributed by atoms with Crippen molar-refractivity contribution in [2.24, 2.45) is 5.73 Å². The molecule has 5 nitrogen and oxygen atoms in total. The smallest absolute Gasteiger partial charge is 0.250 e. The number of nitrogens with zero attached hydrogens (tertiary/aromatic N) is 2. The maximum atomic E-state index is 11.5. The Balaban J connectivity index is 1.62. The van der Waals surface area contributed by atoms with Crippen LogP contribution in [0.15, 0.2) is 53.4 Å². The molecule has 0 aliphatic carbocycles. The first-order valence-electron chi connectivity index (χ1n) is 7.45. The number of aromatic nitrogens is 3. The van der Waals surface area contributed by atoms with Gasteiger partial charge in [0.05, 0.1) is 22.3 Å². The largest absolute Gasteiger partial charge is 0.366 e. The summed E-state index contributed by atoms with van der Waals surface area (Å²) in [4.78, 5) is 23.6. The molecule has 0 radical (unpaired) electrons. The van der Waals surface area contributed by atoms with Crippen LogP contribution in [0.3, 0.4) is 0 Å². The molecular weight excluding hydrogens is 320 g/mol. The van der Waals surface area contributed by atoms with Crippen molar-refractivity contribution in [3.8, 4) is 11.3 Å². The lowest BCUT2D eigenvalue weighted by molar-refractivity contribution is 0.100. The van der Waals surface area contributed by atoms with Gasteiger partial charge in [0.2, 0.25) is 0 Å². The molecule has 0 saturated heterocycles. The number of hydrogen-bond donors (Lipinski definition) is 2. The van der Waals surface area contributed by atoms with Crippen LogP contribution in [0.1, 0.15) is 21.7 Å². The molecule has 0 fully saturated rings. The number of nitrogens with two attached hydrogens (primary N) is 1. The average molecular weight is 334 g/mol. The Labute approximate surface area is 142 Å². The summed E-state index contributed by atoms with van der Waals surface area (Å²) < 4.78 is 0.